The van der Waals surface area contributed by atoms with Crippen molar-refractivity contribution in [2.75, 3.05) is 19.8 Å². The van der Waals surface area contributed by atoms with Gasteiger partial charge in [-0.2, -0.15) is 0 Å². The highest BCUT2D eigenvalue weighted by Gasteiger charge is 2.10. The van der Waals surface area contributed by atoms with Crippen LogP contribution in [0, 0.1) is 0 Å². The first kappa shape index (κ1) is 21.3. The molecule has 0 aliphatic heterocycles. The maximum atomic E-state index is 12.1. The van der Waals surface area contributed by atoms with Gasteiger partial charge in [0.1, 0.15) is 5.82 Å². The zero-order valence-corrected chi connectivity index (χ0v) is 17.6. The summed E-state index contributed by atoms with van der Waals surface area (Å²) in [7, 11) is 0. The van der Waals surface area contributed by atoms with Crippen molar-refractivity contribution in [2.45, 2.75) is 39.2 Å². The number of fused-ring (bicyclic) bond motifs is 1. The molecule has 0 radical (unpaired) electrons. The molecule has 5 nitrogen and oxygen atoms in total. The Bertz CT molecular complexity index is 922. The van der Waals surface area contributed by atoms with E-state index in [4.69, 9.17) is 21.3 Å². The number of hydrogen-bond donors (Lipinski definition) is 1. The van der Waals surface area contributed by atoms with Crippen LogP contribution < -0.4 is 5.32 Å². The van der Waals surface area contributed by atoms with Crippen molar-refractivity contribution in [1.82, 2.24) is 14.9 Å². The Morgan fingerprint density at radius 3 is 2.69 bits per heavy atom. The fourth-order valence-electron chi connectivity index (χ4n) is 3.36. The molecule has 0 aliphatic rings. The third kappa shape index (κ3) is 6.05. The maximum absolute atomic E-state index is 12.1. The number of hydrogen-bond acceptors (Lipinski definition) is 3. The van der Waals surface area contributed by atoms with E-state index < -0.39 is 0 Å². The average Bonchev–Trinajstić information content (AvgIpc) is 3.08. The molecule has 3 aromatic rings. The molecular weight excluding hydrogens is 386 g/mol. The summed E-state index contributed by atoms with van der Waals surface area (Å²) in [4.78, 5) is 16.9. The number of unbranched alkanes of at least 4 members (excludes halogenated alkanes) is 2. The smallest absolute Gasteiger partial charge is 0.251 e. The molecule has 0 aliphatic carbocycles. The molecule has 1 N–H and O–H groups in total. The number of rotatable bonds is 11. The summed E-state index contributed by atoms with van der Waals surface area (Å²) in [5.74, 6) is 1.05. The Morgan fingerprint density at radius 1 is 1.10 bits per heavy atom. The lowest BCUT2D eigenvalue weighted by Gasteiger charge is -2.09. The van der Waals surface area contributed by atoms with E-state index in [9.17, 15) is 4.79 Å². The van der Waals surface area contributed by atoms with Gasteiger partial charge in [0.2, 0.25) is 0 Å². The second-order valence-corrected chi connectivity index (χ2v) is 7.38. The summed E-state index contributed by atoms with van der Waals surface area (Å²) in [6.07, 6.45) is 3.94. The number of benzene rings is 2. The third-order valence-corrected chi connectivity index (χ3v) is 5.12. The largest absolute Gasteiger partial charge is 0.380 e. The van der Waals surface area contributed by atoms with E-state index in [1.54, 1.807) is 24.3 Å². The number of carbonyl (C=O) groups excluding carboxylic acids is 1. The molecule has 0 saturated heterocycles. The van der Waals surface area contributed by atoms with Gasteiger partial charge in [0.05, 0.1) is 17.6 Å². The van der Waals surface area contributed by atoms with E-state index in [1.165, 1.54) is 0 Å². The Balaban J connectivity index is 1.45. The molecule has 6 heteroatoms. The van der Waals surface area contributed by atoms with Crippen LogP contribution in [0.25, 0.3) is 11.0 Å². The van der Waals surface area contributed by atoms with Gasteiger partial charge >= 0.3 is 0 Å². The minimum atomic E-state index is -0.0561. The Morgan fingerprint density at radius 2 is 1.90 bits per heavy atom. The van der Waals surface area contributed by atoms with Crippen LogP contribution in [0.2, 0.25) is 5.02 Å². The summed E-state index contributed by atoms with van der Waals surface area (Å²) in [6, 6.07) is 15.2. The molecule has 1 amide bonds. The zero-order chi connectivity index (χ0) is 20.5. The highest BCUT2D eigenvalue weighted by Crippen LogP contribution is 2.18. The van der Waals surface area contributed by atoms with Crippen LogP contribution in [0.4, 0.5) is 0 Å². The van der Waals surface area contributed by atoms with Crippen LogP contribution in [0.5, 0.6) is 0 Å². The van der Waals surface area contributed by atoms with E-state index in [1.807, 2.05) is 19.1 Å². The van der Waals surface area contributed by atoms with E-state index in [2.05, 4.69) is 22.0 Å². The lowest BCUT2D eigenvalue weighted by Crippen LogP contribution is -2.24. The number of nitrogens with zero attached hydrogens (tertiary/aromatic N) is 2. The first-order valence-corrected chi connectivity index (χ1v) is 10.6. The lowest BCUT2D eigenvalue weighted by atomic mass is 10.1. The van der Waals surface area contributed by atoms with Crippen LogP contribution in [0.3, 0.4) is 0 Å². The molecule has 154 valence electrons. The summed E-state index contributed by atoms with van der Waals surface area (Å²) in [5, 5.41) is 3.60. The molecule has 1 aromatic heterocycles. The van der Waals surface area contributed by atoms with Crippen molar-refractivity contribution in [2.24, 2.45) is 0 Å². The van der Waals surface area contributed by atoms with Gasteiger partial charge in [0, 0.05) is 36.7 Å². The maximum Gasteiger partial charge on any atom is 0.251 e. The van der Waals surface area contributed by atoms with Crippen LogP contribution in [-0.2, 0) is 17.7 Å². The number of nitrogens with one attached hydrogen (secondary N) is 1. The standard InChI is InChI=1S/C23H28ClN3O2/c1-2-29-17-16-27-21-9-6-5-8-20(21)26-22(27)10-4-3-7-15-25-23(28)18-11-13-19(24)14-12-18/h5-6,8-9,11-14H,2-4,7,10,15-17H2,1H3,(H,25,28). The molecule has 0 unspecified atom stereocenters. The summed E-state index contributed by atoms with van der Waals surface area (Å²) < 4.78 is 7.81. The molecular formula is C23H28ClN3O2. The van der Waals surface area contributed by atoms with E-state index in [0.29, 0.717) is 23.7 Å². The van der Waals surface area contributed by atoms with Gasteiger partial charge in [0.25, 0.3) is 5.91 Å². The predicted octanol–water partition coefficient (Wildman–Crippen LogP) is 4.87. The van der Waals surface area contributed by atoms with E-state index >= 15 is 0 Å². The number of aryl methyl sites for hydroxylation is 1. The second kappa shape index (κ2) is 11.0. The van der Waals surface area contributed by atoms with Gasteiger partial charge in [-0.15, -0.1) is 0 Å². The van der Waals surface area contributed by atoms with Crippen molar-refractivity contribution in [3.8, 4) is 0 Å². The summed E-state index contributed by atoms with van der Waals surface area (Å²) in [5.41, 5.74) is 2.84. The molecule has 2 aromatic carbocycles. The van der Waals surface area contributed by atoms with Gasteiger partial charge in [-0.3, -0.25) is 4.79 Å². The zero-order valence-electron chi connectivity index (χ0n) is 16.9. The molecule has 0 spiro atoms. The number of ether oxygens (including phenoxy) is 1. The number of carbonyl (C=O) groups is 1. The molecule has 29 heavy (non-hydrogen) atoms. The first-order valence-electron chi connectivity index (χ1n) is 10.2. The van der Waals surface area contributed by atoms with Crippen LogP contribution in [-0.4, -0.2) is 35.2 Å². The highest BCUT2D eigenvalue weighted by molar-refractivity contribution is 6.30. The summed E-state index contributed by atoms with van der Waals surface area (Å²) >= 11 is 5.86. The second-order valence-electron chi connectivity index (χ2n) is 6.94. The Hall–Kier alpha value is -2.37. The number of amides is 1. The fourth-order valence-corrected chi connectivity index (χ4v) is 3.48. The molecule has 0 saturated carbocycles. The Labute approximate surface area is 177 Å². The van der Waals surface area contributed by atoms with E-state index in [0.717, 1.165) is 55.7 Å². The third-order valence-electron chi connectivity index (χ3n) is 4.87. The topological polar surface area (TPSA) is 56.1 Å². The van der Waals surface area contributed by atoms with E-state index in [-0.39, 0.29) is 5.91 Å². The molecule has 1 heterocycles. The molecule has 0 bridgehead atoms. The normalized spacial score (nSPS) is 11.1. The average molecular weight is 414 g/mol. The number of imidazole rings is 1. The van der Waals surface area contributed by atoms with Gasteiger partial charge in [0.15, 0.2) is 0 Å². The quantitative estimate of drug-likeness (QED) is 0.456. The van der Waals surface area contributed by atoms with Crippen LogP contribution >= 0.6 is 11.6 Å². The monoisotopic (exact) mass is 413 g/mol. The van der Waals surface area contributed by atoms with Crippen LogP contribution in [0.1, 0.15) is 42.4 Å². The van der Waals surface area contributed by atoms with Gasteiger partial charge in [-0.05, 0) is 56.2 Å². The van der Waals surface area contributed by atoms with Crippen LogP contribution in [0.15, 0.2) is 48.5 Å². The number of aromatic nitrogens is 2. The van der Waals surface area contributed by atoms with Crippen molar-refractivity contribution in [1.29, 1.82) is 0 Å². The Kier molecular flexibility index (Phi) is 8.08. The van der Waals surface area contributed by atoms with Crippen molar-refractivity contribution in [3.05, 3.63) is 64.9 Å². The van der Waals surface area contributed by atoms with Gasteiger partial charge in [-0.1, -0.05) is 30.2 Å². The highest BCUT2D eigenvalue weighted by atomic mass is 35.5. The lowest BCUT2D eigenvalue weighted by molar-refractivity contribution is 0.0953. The van der Waals surface area contributed by atoms with Crippen molar-refractivity contribution in [3.63, 3.8) is 0 Å². The number of halogens is 1. The SMILES string of the molecule is CCOCCn1c(CCCCCNC(=O)c2ccc(Cl)cc2)nc2ccccc21. The molecule has 0 fully saturated rings. The fraction of sp³-hybridized carbons (Fsp3) is 0.391. The van der Waals surface area contributed by atoms with Gasteiger partial charge < -0.3 is 14.6 Å². The minimum absolute atomic E-state index is 0.0561. The molecule has 3 rings (SSSR count). The molecule has 0 atom stereocenters. The predicted molar refractivity (Wildman–Crippen MR) is 118 cm³/mol. The van der Waals surface area contributed by atoms with Crippen molar-refractivity contribution >= 4 is 28.5 Å². The number of para-hydroxylation sites is 2. The minimum Gasteiger partial charge on any atom is -0.380 e. The van der Waals surface area contributed by atoms with Crippen molar-refractivity contribution < 1.29 is 9.53 Å². The van der Waals surface area contributed by atoms with Gasteiger partial charge in [-0.25, -0.2) is 4.98 Å². The first-order chi connectivity index (χ1) is 14.2. The summed E-state index contributed by atoms with van der Waals surface area (Å²) in [6.45, 7) is 4.92.